The van der Waals surface area contributed by atoms with Crippen LogP contribution in [0, 0.1) is 17.1 Å². The zero-order valence-electron chi connectivity index (χ0n) is 17.5. The van der Waals surface area contributed by atoms with Gasteiger partial charge in [0.05, 0.1) is 23.9 Å². The van der Waals surface area contributed by atoms with Crippen molar-refractivity contribution in [2.45, 2.75) is 25.8 Å². The Kier molecular flexibility index (Phi) is 6.85. The first-order chi connectivity index (χ1) is 15.2. The number of aromatic nitrogens is 4. The van der Waals surface area contributed by atoms with Crippen LogP contribution >= 0.6 is 0 Å². The van der Waals surface area contributed by atoms with Gasteiger partial charge in [-0.1, -0.05) is 36.8 Å². The first-order valence-corrected chi connectivity index (χ1v) is 10.7. The number of benzene rings is 2. The first-order valence-electron chi connectivity index (χ1n) is 10.7. The van der Waals surface area contributed by atoms with E-state index in [0.717, 1.165) is 64.1 Å². The molecule has 0 bridgehead atoms. The van der Waals surface area contributed by atoms with Crippen molar-refractivity contribution in [3.63, 3.8) is 0 Å². The molecule has 31 heavy (non-hydrogen) atoms. The summed E-state index contributed by atoms with van der Waals surface area (Å²) in [5.74, 6) is 0.349. The predicted octanol–water partition coefficient (Wildman–Crippen LogP) is 3.34. The van der Waals surface area contributed by atoms with E-state index in [4.69, 9.17) is 5.26 Å². The van der Waals surface area contributed by atoms with E-state index >= 15 is 0 Å². The molecule has 1 aromatic heterocycles. The van der Waals surface area contributed by atoms with Crippen molar-refractivity contribution >= 4 is 5.69 Å². The smallest absolute Gasteiger partial charge is 0.204 e. The average Bonchev–Trinajstić information content (AvgIpc) is 3.29. The number of aryl methyl sites for hydroxylation is 1. The molecule has 0 unspecified atom stereocenters. The van der Waals surface area contributed by atoms with Gasteiger partial charge in [-0.3, -0.25) is 4.90 Å². The van der Waals surface area contributed by atoms with Gasteiger partial charge >= 0.3 is 0 Å². The van der Waals surface area contributed by atoms with Crippen molar-refractivity contribution in [1.82, 2.24) is 25.1 Å². The van der Waals surface area contributed by atoms with E-state index in [9.17, 15) is 4.39 Å². The summed E-state index contributed by atoms with van der Waals surface area (Å²) in [5, 5.41) is 21.6. The number of anilines is 1. The zero-order chi connectivity index (χ0) is 21.5. The highest BCUT2D eigenvalue weighted by Gasteiger charge is 2.19. The normalized spacial score (nSPS) is 14.5. The molecule has 0 spiro atoms. The van der Waals surface area contributed by atoms with Gasteiger partial charge in [-0.25, -0.2) is 4.39 Å². The van der Waals surface area contributed by atoms with Crippen LogP contribution in [0.25, 0.3) is 11.4 Å². The maximum atomic E-state index is 14.2. The Bertz CT molecular complexity index is 1020. The molecule has 4 rings (SSSR count). The van der Waals surface area contributed by atoms with Crippen LogP contribution in [0.5, 0.6) is 0 Å². The molecule has 1 aliphatic rings. The summed E-state index contributed by atoms with van der Waals surface area (Å²) in [4.78, 5) is 6.17. The largest absolute Gasteiger partial charge is 0.367 e. The molecule has 1 aliphatic heterocycles. The monoisotopic (exact) mass is 419 g/mol. The van der Waals surface area contributed by atoms with Gasteiger partial charge in [-0.05, 0) is 42.8 Å². The highest BCUT2D eigenvalue weighted by molar-refractivity contribution is 5.53. The fourth-order valence-electron chi connectivity index (χ4n) is 3.85. The minimum absolute atomic E-state index is 0.315. The van der Waals surface area contributed by atoms with Gasteiger partial charge in [-0.15, -0.1) is 10.2 Å². The van der Waals surface area contributed by atoms with Crippen LogP contribution in [0.1, 0.15) is 24.8 Å². The summed E-state index contributed by atoms with van der Waals surface area (Å²) in [5.41, 5.74) is 1.93. The summed E-state index contributed by atoms with van der Waals surface area (Å²) < 4.78 is 14.2. The molecule has 2 heterocycles. The van der Waals surface area contributed by atoms with E-state index in [1.54, 1.807) is 16.9 Å². The fourth-order valence-corrected chi connectivity index (χ4v) is 3.85. The minimum Gasteiger partial charge on any atom is -0.367 e. The molecule has 2 aromatic carbocycles. The summed E-state index contributed by atoms with van der Waals surface area (Å²) >= 11 is 0. The lowest BCUT2D eigenvalue weighted by Crippen LogP contribution is -2.46. The quantitative estimate of drug-likeness (QED) is 0.522. The molecular weight excluding hydrogens is 393 g/mol. The number of nitrogens with zero attached hydrogens (tertiary/aromatic N) is 7. The Morgan fingerprint density at radius 2 is 1.71 bits per heavy atom. The third-order valence-corrected chi connectivity index (χ3v) is 5.61. The van der Waals surface area contributed by atoms with Crippen molar-refractivity contribution in [2.24, 2.45) is 0 Å². The van der Waals surface area contributed by atoms with E-state index in [1.165, 1.54) is 6.07 Å². The van der Waals surface area contributed by atoms with Gasteiger partial charge in [0, 0.05) is 31.7 Å². The van der Waals surface area contributed by atoms with Crippen molar-refractivity contribution in [1.29, 1.82) is 5.26 Å². The standard InChI is InChI=1S/C23H26FN7/c24-21-17-19(18-25)9-10-22(21)30-15-13-29(14-16-30)11-5-2-6-12-31-27-23(26-28-31)20-7-3-1-4-8-20/h1,3-4,7-10,17H,2,5-6,11-16H2. The summed E-state index contributed by atoms with van der Waals surface area (Å²) in [6, 6.07) is 16.6. The molecule has 0 N–H and O–H groups in total. The fraction of sp³-hybridized carbons (Fsp3) is 0.391. The Morgan fingerprint density at radius 3 is 2.45 bits per heavy atom. The molecule has 3 aromatic rings. The highest BCUT2D eigenvalue weighted by Crippen LogP contribution is 2.22. The lowest BCUT2D eigenvalue weighted by Gasteiger charge is -2.36. The van der Waals surface area contributed by atoms with E-state index in [2.05, 4.69) is 25.2 Å². The number of nitriles is 1. The molecule has 0 atom stereocenters. The van der Waals surface area contributed by atoms with E-state index in [1.807, 2.05) is 36.4 Å². The van der Waals surface area contributed by atoms with Gasteiger partial charge in [0.2, 0.25) is 5.82 Å². The second-order valence-electron chi connectivity index (χ2n) is 7.74. The number of rotatable bonds is 8. The van der Waals surface area contributed by atoms with Gasteiger partial charge < -0.3 is 4.90 Å². The van der Waals surface area contributed by atoms with Crippen LogP contribution in [0.4, 0.5) is 10.1 Å². The lowest BCUT2D eigenvalue weighted by molar-refractivity contribution is 0.250. The SMILES string of the molecule is N#Cc1ccc(N2CCN(CCCCCn3nnc(-c4ccccc4)n3)CC2)c(F)c1. The topological polar surface area (TPSA) is 73.9 Å². The van der Waals surface area contributed by atoms with Gasteiger partial charge in [0.1, 0.15) is 5.82 Å². The van der Waals surface area contributed by atoms with Crippen molar-refractivity contribution < 1.29 is 4.39 Å². The van der Waals surface area contributed by atoms with Crippen LogP contribution < -0.4 is 4.90 Å². The number of hydrogen-bond acceptors (Lipinski definition) is 6. The average molecular weight is 420 g/mol. The molecule has 0 aliphatic carbocycles. The number of tetrazole rings is 1. The molecule has 7 nitrogen and oxygen atoms in total. The number of hydrogen-bond donors (Lipinski definition) is 0. The molecule has 8 heteroatoms. The summed E-state index contributed by atoms with van der Waals surface area (Å²) in [6.07, 6.45) is 3.24. The van der Waals surface area contributed by atoms with Gasteiger partial charge in [-0.2, -0.15) is 10.1 Å². The maximum Gasteiger partial charge on any atom is 0.204 e. The highest BCUT2D eigenvalue weighted by atomic mass is 19.1. The van der Waals surface area contributed by atoms with Crippen LogP contribution in [-0.2, 0) is 6.54 Å². The molecular formula is C23H26FN7. The zero-order valence-corrected chi connectivity index (χ0v) is 17.5. The van der Waals surface area contributed by atoms with Crippen LogP contribution in [0.2, 0.25) is 0 Å². The first kappa shape index (κ1) is 20.9. The van der Waals surface area contributed by atoms with E-state index in [-0.39, 0.29) is 5.82 Å². The van der Waals surface area contributed by atoms with Gasteiger partial charge in [0.25, 0.3) is 0 Å². The maximum absolute atomic E-state index is 14.2. The second kappa shape index (κ2) is 10.1. The second-order valence-corrected chi connectivity index (χ2v) is 7.74. The lowest BCUT2D eigenvalue weighted by atomic mass is 10.1. The number of halogens is 1. The molecule has 160 valence electrons. The van der Waals surface area contributed by atoms with E-state index < -0.39 is 0 Å². The minimum atomic E-state index is -0.315. The summed E-state index contributed by atoms with van der Waals surface area (Å²) in [6.45, 7) is 5.26. The molecule has 1 fully saturated rings. The Morgan fingerprint density at radius 1 is 0.935 bits per heavy atom. The third kappa shape index (κ3) is 5.44. The van der Waals surface area contributed by atoms with Gasteiger partial charge in [0.15, 0.2) is 0 Å². The van der Waals surface area contributed by atoms with Crippen LogP contribution in [0.3, 0.4) is 0 Å². The molecule has 0 radical (unpaired) electrons. The number of piperazine rings is 1. The Hall–Kier alpha value is -3.31. The molecule has 0 amide bonds. The Labute approximate surface area is 181 Å². The number of unbranched alkanes of at least 4 members (excludes halogenated alkanes) is 2. The van der Waals surface area contributed by atoms with Crippen molar-refractivity contribution in [2.75, 3.05) is 37.6 Å². The van der Waals surface area contributed by atoms with E-state index in [0.29, 0.717) is 17.1 Å². The predicted molar refractivity (Wildman–Crippen MR) is 117 cm³/mol. The third-order valence-electron chi connectivity index (χ3n) is 5.61. The summed E-state index contributed by atoms with van der Waals surface area (Å²) in [7, 11) is 0. The van der Waals surface area contributed by atoms with Crippen molar-refractivity contribution in [3.8, 4) is 17.5 Å². The van der Waals surface area contributed by atoms with Crippen LogP contribution in [0.15, 0.2) is 48.5 Å². The van der Waals surface area contributed by atoms with Crippen molar-refractivity contribution in [3.05, 3.63) is 59.9 Å². The van der Waals surface area contributed by atoms with Crippen LogP contribution in [-0.4, -0.2) is 57.8 Å². The molecule has 1 saturated heterocycles. The Balaban J connectivity index is 1.14. The molecule has 0 saturated carbocycles.